The molecule has 0 fully saturated rings. The van der Waals surface area contributed by atoms with Crippen molar-refractivity contribution in [3.63, 3.8) is 0 Å². The van der Waals surface area contributed by atoms with Gasteiger partial charge in [0.05, 0.1) is 0 Å². The number of pyridine rings is 3. The van der Waals surface area contributed by atoms with Crippen LogP contribution in [0.15, 0.2) is 116 Å². The summed E-state index contributed by atoms with van der Waals surface area (Å²) in [5.74, 6) is 1.96. The molecule has 0 N–H and O–H groups in total. The Hall–Kier alpha value is -5.84. The number of ether oxygens (including phenoxy) is 1. The Labute approximate surface area is 337 Å². The zero-order chi connectivity index (χ0) is 38.1. The van der Waals surface area contributed by atoms with Gasteiger partial charge in [0, 0.05) is 5.69 Å². The Morgan fingerprint density at radius 2 is 1.43 bits per heavy atom. The summed E-state index contributed by atoms with van der Waals surface area (Å²) < 4.78 is 14.4. The quantitative estimate of drug-likeness (QED) is 0.162. The molecule has 5 aromatic heterocycles. The standard InChI is InChI=1S/C49H39N5O.Pt/c1-31-22-32(2)51-49(23-31)54-46-21-16-39(37-8-6-5-7-9-37)24-45(46)44-20-19-42(26-47(44)54)55-43-25-41(27-50-28-43)52-29-48-38-13-12-35-10-11-36(34(4)33(35)3)14-17-40(18-15-38)53(48)30-52;/h5-11,15-16,18-24,27-29H,12-14,17H2,1-4H3;/q-2;. The van der Waals surface area contributed by atoms with Crippen LogP contribution in [-0.2, 0) is 45.0 Å². The first-order chi connectivity index (χ1) is 27.3. The third-order valence-electron chi connectivity index (χ3n) is 11.5. The van der Waals surface area contributed by atoms with E-state index in [-0.39, 0.29) is 0 Å². The molecule has 7 heteroatoms. The Morgan fingerprint density at radius 3 is 2.23 bits per heavy atom. The van der Waals surface area contributed by atoms with E-state index in [1.54, 1.807) is 6.20 Å². The molecule has 13 rings (SSSR count). The molecule has 7 heterocycles. The molecule has 0 spiro atoms. The minimum absolute atomic E-state index is 0.522. The van der Waals surface area contributed by atoms with Crippen LogP contribution in [0.1, 0.15) is 44.8 Å². The summed E-state index contributed by atoms with van der Waals surface area (Å²) in [5.41, 5.74) is 16.8. The SMILES string of the molecule is Cc1cc(C)nc(-n2c3[c-]c(Oc4[c-]c(-n5cc6c7ccc(n6[c]5=[Pt])CCc5ccc(c(C)c5C)CC7)cnc4)ccc3c3cc(-c4ccccc4)ccc32)c1. The van der Waals surface area contributed by atoms with Gasteiger partial charge in [-0.1, -0.05) is 36.4 Å². The molecule has 2 aliphatic carbocycles. The van der Waals surface area contributed by atoms with Crippen molar-refractivity contribution in [3.8, 4) is 34.1 Å². The van der Waals surface area contributed by atoms with E-state index in [0.29, 0.717) is 11.5 Å². The number of imidazole rings is 1. The first-order valence-corrected chi connectivity index (χ1v) is 20.3. The van der Waals surface area contributed by atoms with Gasteiger partial charge in [0.2, 0.25) is 0 Å². The molecule has 56 heavy (non-hydrogen) atoms. The van der Waals surface area contributed by atoms with Crippen molar-refractivity contribution in [1.29, 1.82) is 0 Å². The molecule has 278 valence electrons. The Kier molecular flexibility index (Phi) is 8.49. The molecule has 0 saturated heterocycles. The third kappa shape index (κ3) is 5.95. The van der Waals surface area contributed by atoms with Gasteiger partial charge in [-0.2, -0.15) is 0 Å². The van der Waals surface area contributed by atoms with Crippen LogP contribution in [0.3, 0.4) is 0 Å². The first kappa shape index (κ1) is 34.6. The molecule has 0 atom stereocenters. The van der Waals surface area contributed by atoms with Crippen molar-refractivity contribution < 1.29 is 24.1 Å². The van der Waals surface area contributed by atoms with E-state index in [1.165, 1.54) is 44.6 Å². The van der Waals surface area contributed by atoms with E-state index in [9.17, 15) is 0 Å². The Bertz CT molecular complexity index is 3060. The summed E-state index contributed by atoms with van der Waals surface area (Å²) in [6.45, 7) is 8.71. The average molecular weight is 909 g/mol. The van der Waals surface area contributed by atoms with Crippen molar-refractivity contribution >= 4 is 27.3 Å². The molecule has 4 bridgehead atoms. The van der Waals surface area contributed by atoms with Crippen molar-refractivity contribution in [3.05, 3.63) is 176 Å². The van der Waals surface area contributed by atoms with Gasteiger partial charge in [-0.05, 0) is 36.6 Å². The number of rotatable bonds is 5. The molecular formula is C49H39N5OPt-2. The van der Waals surface area contributed by atoms with Crippen LogP contribution in [0.2, 0.25) is 0 Å². The summed E-state index contributed by atoms with van der Waals surface area (Å²) in [4.78, 5) is 9.63. The fourth-order valence-electron chi connectivity index (χ4n) is 8.48. The van der Waals surface area contributed by atoms with Crippen LogP contribution in [0.4, 0.5) is 0 Å². The molecule has 0 radical (unpaired) electrons. The van der Waals surface area contributed by atoms with Crippen LogP contribution in [-0.4, -0.2) is 23.5 Å². The van der Waals surface area contributed by atoms with Crippen LogP contribution in [0.5, 0.6) is 11.5 Å². The number of hydrogen-bond donors (Lipinski definition) is 0. The molecule has 0 saturated carbocycles. The van der Waals surface area contributed by atoms with E-state index < -0.39 is 0 Å². The number of aromatic nitrogens is 5. The second-order valence-electron chi connectivity index (χ2n) is 15.0. The number of fused-ring (bicyclic) bond motifs is 3. The zero-order valence-electron chi connectivity index (χ0n) is 31.8. The summed E-state index contributed by atoms with van der Waals surface area (Å²) in [6.07, 6.45) is 9.74. The second-order valence-corrected chi connectivity index (χ2v) is 16.0. The van der Waals surface area contributed by atoms with Gasteiger partial charge < -0.3 is 0 Å². The van der Waals surface area contributed by atoms with E-state index >= 15 is 0 Å². The number of nitrogens with zero attached hydrogens (tertiary/aromatic N) is 5. The zero-order valence-corrected chi connectivity index (χ0v) is 34.0. The Morgan fingerprint density at radius 1 is 0.661 bits per heavy atom. The fraction of sp³-hybridized carbons (Fsp3) is 0.163. The fourth-order valence-corrected chi connectivity index (χ4v) is 9.50. The predicted octanol–water partition coefficient (Wildman–Crippen LogP) is 10.9. The third-order valence-corrected chi connectivity index (χ3v) is 12.5. The van der Waals surface area contributed by atoms with Gasteiger partial charge in [0.25, 0.3) is 0 Å². The molecule has 4 aliphatic rings. The van der Waals surface area contributed by atoms with Gasteiger partial charge in [0.1, 0.15) is 0 Å². The van der Waals surface area contributed by atoms with Crippen LogP contribution >= 0.6 is 0 Å². The van der Waals surface area contributed by atoms with Crippen LogP contribution in [0.25, 0.3) is 50.0 Å². The molecule has 0 amide bonds. The van der Waals surface area contributed by atoms with E-state index in [4.69, 9.17) is 9.72 Å². The molecular weight excluding hydrogens is 870 g/mol. The summed E-state index contributed by atoms with van der Waals surface area (Å²) in [7, 11) is 0. The van der Waals surface area contributed by atoms with Crippen molar-refractivity contribution in [2.45, 2.75) is 53.4 Å². The normalized spacial score (nSPS) is 12.8. The maximum atomic E-state index is 6.55. The number of aryl methyl sites for hydroxylation is 6. The maximum absolute atomic E-state index is 6.55. The first-order valence-electron chi connectivity index (χ1n) is 19.1. The van der Waals surface area contributed by atoms with Crippen molar-refractivity contribution in [1.82, 2.24) is 23.5 Å². The van der Waals surface area contributed by atoms with Crippen molar-refractivity contribution in [2.75, 3.05) is 0 Å². The molecule has 0 unspecified atom stereocenters. The Balaban J connectivity index is 1.05. The van der Waals surface area contributed by atoms with Gasteiger partial charge in [-0.25, -0.2) is 0 Å². The van der Waals surface area contributed by atoms with E-state index in [2.05, 4.69) is 168 Å². The molecule has 4 aromatic carbocycles. The summed E-state index contributed by atoms with van der Waals surface area (Å²) in [6, 6.07) is 42.0. The van der Waals surface area contributed by atoms with Gasteiger partial charge in [-0.3, -0.25) is 0 Å². The van der Waals surface area contributed by atoms with Crippen LogP contribution in [0, 0.1) is 43.6 Å². The number of benzene rings is 4. The van der Waals surface area contributed by atoms with E-state index in [1.807, 2.05) is 19.2 Å². The molecule has 6 nitrogen and oxygen atoms in total. The topological polar surface area (TPSA) is 49.3 Å². The van der Waals surface area contributed by atoms with Crippen LogP contribution < -0.4 is 4.74 Å². The van der Waals surface area contributed by atoms with Gasteiger partial charge >= 0.3 is 260 Å². The molecule has 2 aliphatic heterocycles. The summed E-state index contributed by atoms with van der Waals surface area (Å²) in [5, 5.41) is 2.21. The van der Waals surface area contributed by atoms with Gasteiger partial charge in [0.15, 0.2) is 0 Å². The second kappa shape index (κ2) is 13.7. The number of hydrogen-bond acceptors (Lipinski definition) is 3. The molecule has 9 aromatic rings. The predicted molar refractivity (Wildman–Crippen MR) is 220 cm³/mol. The van der Waals surface area contributed by atoms with Gasteiger partial charge in [-0.15, -0.1) is 0 Å². The van der Waals surface area contributed by atoms with E-state index in [0.717, 1.165) is 79.6 Å². The average Bonchev–Trinajstić information content (AvgIpc) is 3.72. The summed E-state index contributed by atoms with van der Waals surface area (Å²) >= 11 is 2.45. The van der Waals surface area contributed by atoms with Crippen molar-refractivity contribution in [2.24, 2.45) is 0 Å². The monoisotopic (exact) mass is 908 g/mol. The minimum atomic E-state index is 0.522.